The van der Waals surface area contributed by atoms with Crippen LogP contribution in [-0.2, 0) is 5.75 Å². The number of amides is 1. The number of nitrogens with two attached hydrogens (primary N) is 1. The minimum absolute atomic E-state index is 0.191. The number of benzene rings is 3. The SMILES string of the molecule is COc1cc(NC(=O)c2cccc(CSc3n[nH]c(N)n3)c2)ccc1-c1ccccc1. The van der Waals surface area contributed by atoms with Gasteiger partial charge in [-0.05, 0) is 35.4 Å². The van der Waals surface area contributed by atoms with Crippen molar-refractivity contribution in [2.45, 2.75) is 10.9 Å². The van der Waals surface area contributed by atoms with Crippen molar-refractivity contribution in [3.8, 4) is 16.9 Å². The summed E-state index contributed by atoms with van der Waals surface area (Å²) in [5, 5.41) is 10.1. The fourth-order valence-electron chi connectivity index (χ4n) is 3.10. The molecule has 0 atom stereocenters. The summed E-state index contributed by atoms with van der Waals surface area (Å²) >= 11 is 1.44. The summed E-state index contributed by atoms with van der Waals surface area (Å²) in [6, 6.07) is 23.1. The number of nitrogens with one attached hydrogen (secondary N) is 2. The Labute approximate surface area is 184 Å². The Morgan fingerprint density at radius 2 is 1.94 bits per heavy atom. The first kappa shape index (κ1) is 20.5. The number of methoxy groups -OCH3 is 1. The van der Waals surface area contributed by atoms with Crippen LogP contribution in [-0.4, -0.2) is 28.2 Å². The smallest absolute Gasteiger partial charge is 0.255 e. The topological polar surface area (TPSA) is 106 Å². The van der Waals surface area contributed by atoms with E-state index in [1.165, 1.54) is 11.8 Å². The molecule has 0 bridgehead atoms. The number of ether oxygens (including phenoxy) is 1. The van der Waals surface area contributed by atoms with Crippen molar-refractivity contribution >= 4 is 29.3 Å². The van der Waals surface area contributed by atoms with E-state index in [9.17, 15) is 4.79 Å². The van der Waals surface area contributed by atoms with Crippen LogP contribution in [0.3, 0.4) is 0 Å². The minimum Gasteiger partial charge on any atom is -0.496 e. The summed E-state index contributed by atoms with van der Waals surface area (Å²) in [4.78, 5) is 16.9. The van der Waals surface area contributed by atoms with Gasteiger partial charge in [-0.2, -0.15) is 4.98 Å². The zero-order chi connectivity index (χ0) is 21.6. The minimum atomic E-state index is -0.191. The second-order valence-corrected chi connectivity index (χ2v) is 7.67. The molecule has 0 unspecified atom stereocenters. The third-order valence-corrected chi connectivity index (χ3v) is 5.50. The van der Waals surface area contributed by atoms with E-state index in [1.807, 2.05) is 66.7 Å². The summed E-state index contributed by atoms with van der Waals surface area (Å²) in [6.07, 6.45) is 0. The molecule has 3 aromatic carbocycles. The number of aromatic nitrogens is 3. The lowest BCUT2D eigenvalue weighted by Crippen LogP contribution is -2.12. The summed E-state index contributed by atoms with van der Waals surface area (Å²) in [5.74, 6) is 1.41. The molecule has 0 aliphatic heterocycles. The predicted molar refractivity (Wildman–Crippen MR) is 123 cm³/mol. The monoisotopic (exact) mass is 431 g/mol. The molecule has 4 rings (SSSR count). The van der Waals surface area contributed by atoms with Gasteiger partial charge in [0.1, 0.15) is 5.75 Å². The number of anilines is 2. The normalized spacial score (nSPS) is 10.6. The maximum atomic E-state index is 12.8. The maximum Gasteiger partial charge on any atom is 0.255 e. The average Bonchev–Trinajstić information content (AvgIpc) is 3.23. The van der Waals surface area contributed by atoms with Crippen molar-refractivity contribution in [1.82, 2.24) is 15.2 Å². The van der Waals surface area contributed by atoms with Crippen molar-refractivity contribution in [3.63, 3.8) is 0 Å². The third kappa shape index (κ3) is 5.04. The van der Waals surface area contributed by atoms with Crippen molar-refractivity contribution in [2.75, 3.05) is 18.2 Å². The van der Waals surface area contributed by atoms with E-state index in [0.717, 1.165) is 16.7 Å². The summed E-state index contributed by atoms with van der Waals surface area (Å²) < 4.78 is 5.55. The summed E-state index contributed by atoms with van der Waals surface area (Å²) in [7, 11) is 1.62. The zero-order valence-electron chi connectivity index (χ0n) is 16.8. The number of thioether (sulfide) groups is 1. The highest BCUT2D eigenvalue weighted by atomic mass is 32.2. The zero-order valence-corrected chi connectivity index (χ0v) is 17.6. The van der Waals surface area contributed by atoms with Gasteiger partial charge in [0.05, 0.1) is 7.11 Å². The quantitative estimate of drug-likeness (QED) is 0.369. The van der Waals surface area contributed by atoms with Gasteiger partial charge in [0.2, 0.25) is 11.1 Å². The Bertz CT molecular complexity index is 1190. The molecule has 0 fully saturated rings. The van der Waals surface area contributed by atoms with Crippen molar-refractivity contribution in [2.24, 2.45) is 0 Å². The molecule has 0 radical (unpaired) electrons. The first-order valence-corrected chi connectivity index (χ1v) is 10.6. The number of carbonyl (C=O) groups excluding carboxylic acids is 1. The van der Waals surface area contributed by atoms with Gasteiger partial charge in [-0.3, -0.25) is 4.79 Å². The molecule has 1 aromatic heterocycles. The van der Waals surface area contributed by atoms with E-state index in [-0.39, 0.29) is 11.9 Å². The van der Waals surface area contributed by atoms with Crippen LogP contribution in [0.5, 0.6) is 5.75 Å². The highest BCUT2D eigenvalue weighted by Gasteiger charge is 2.11. The molecule has 7 nitrogen and oxygen atoms in total. The molecule has 0 aliphatic rings. The largest absolute Gasteiger partial charge is 0.496 e. The van der Waals surface area contributed by atoms with Gasteiger partial charge < -0.3 is 15.8 Å². The van der Waals surface area contributed by atoms with Gasteiger partial charge in [0.25, 0.3) is 5.91 Å². The first-order chi connectivity index (χ1) is 15.1. The Morgan fingerprint density at radius 3 is 2.68 bits per heavy atom. The van der Waals surface area contributed by atoms with Gasteiger partial charge in [-0.25, -0.2) is 5.10 Å². The van der Waals surface area contributed by atoms with E-state index in [0.29, 0.717) is 27.9 Å². The lowest BCUT2D eigenvalue weighted by molar-refractivity contribution is 0.102. The molecule has 1 heterocycles. The molecular formula is C23H21N5O2S. The van der Waals surface area contributed by atoms with Crippen LogP contribution in [0.4, 0.5) is 11.6 Å². The second-order valence-electron chi connectivity index (χ2n) is 6.73. The van der Waals surface area contributed by atoms with Crippen molar-refractivity contribution in [1.29, 1.82) is 0 Å². The highest BCUT2D eigenvalue weighted by Crippen LogP contribution is 2.32. The van der Waals surface area contributed by atoms with Crippen LogP contribution in [0.2, 0.25) is 0 Å². The third-order valence-electron chi connectivity index (χ3n) is 4.58. The number of hydrogen-bond donors (Lipinski definition) is 3. The molecular weight excluding hydrogens is 410 g/mol. The molecule has 0 spiro atoms. The number of hydrogen-bond acceptors (Lipinski definition) is 6. The molecule has 0 saturated carbocycles. The van der Waals surface area contributed by atoms with Crippen LogP contribution in [0.15, 0.2) is 78.0 Å². The highest BCUT2D eigenvalue weighted by molar-refractivity contribution is 7.98. The van der Waals surface area contributed by atoms with Gasteiger partial charge in [0.15, 0.2) is 0 Å². The van der Waals surface area contributed by atoms with Crippen LogP contribution in [0.25, 0.3) is 11.1 Å². The number of nitrogens with zero attached hydrogens (tertiary/aromatic N) is 2. The van der Waals surface area contributed by atoms with Gasteiger partial charge >= 0.3 is 0 Å². The Morgan fingerprint density at radius 1 is 1.10 bits per heavy atom. The lowest BCUT2D eigenvalue weighted by atomic mass is 10.0. The molecule has 1 amide bonds. The van der Waals surface area contributed by atoms with Crippen LogP contribution in [0, 0.1) is 0 Å². The standard InChI is InChI=1S/C23H21N5O2S/c1-30-20-13-18(10-11-19(20)16-7-3-2-4-8-16)25-21(29)17-9-5-6-15(12-17)14-31-23-26-22(24)27-28-23/h2-13H,14H2,1H3,(H,25,29)(H3,24,26,27,28). The molecule has 8 heteroatoms. The lowest BCUT2D eigenvalue weighted by Gasteiger charge is -2.12. The molecule has 0 aliphatic carbocycles. The van der Waals surface area contributed by atoms with E-state index in [1.54, 1.807) is 13.2 Å². The van der Waals surface area contributed by atoms with Crippen LogP contribution >= 0.6 is 11.8 Å². The summed E-state index contributed by atoms with van der Waals surface area (Å²) in [6.45, 7) is 0. The van der Waals surface area contributed by atoms with Crippen molar-refractivity contribution < 1.29 is 9.53 Å². The Hall–Kier alpha value is -3.78. The fraction of sp³-hybridized carbons (Fsp3) is 0.0870. The van der Waals surface area contributed by atoms with E-state index in [2.05, 4.69) is 20.5 Å². The first-order valence-electron chi connectivity index (χ1n) is 9.57. The number of aromatic amines is 1. The Kier molecular flexibility index (Phi) is 6.18. The molecule has 0 saturated heterocycles. The van der Waals surface area contributed by atoms with Gasteiger partial charge in [0, 0.05) is 28.6 Å². The number of rotatable bonds is 7. The average molecular weight is 432 g/mol. The fourth-order valence-corrected chi connectivity index (χ4v) is 3.85. The Balaban J connectivity index is 1.46. The maximum absolute atomic E-state index is 12.8. The van der Waals surface area contributed by atoms with Gasteiger partial charge in [-0.15, -0.1) is 5.10 Å². The number of carbonyl (C=O) groups is 1. The van der Waals surface area contributed by atoms with Gasteiger partial charge in [-0.1, -0.05) is 54.2 Å². The predicted octanol–water partition coefficient (Wildman–Crippen LogP) is 4.61. The number of nitrogen functional groups attached to an aromatic ring is 1. The number of H-pyrrole nitrogens is 1. The van der Waals surface area contributed by atoms with E-state index in [4.69, 9.17) is 10.5 Å². The molecule has 31 heavy (non-hydrogen) atoms. The molecule has 4 N–H and O–H groups in total. The van der Waals surface area contributed by atoms with Crippen LogP contribution < -0.4 is 15.8 Å². The second kappa shape index (κ2) is 9.36. The van der Waals surface area contributed by atoms with E-state index >= 15 is 0 Å². The summed E-state index contributed by atoms with van der Waals surface area (Å²) in [5.41, 5.74) is 9.78. The van der Waals surface area contributed by atoms with Crippen LogP contribution in [0.1, 0.15) is 15.9 Å². The van der Waals surface area contributed by atoms with Crippen molar-refractivity contribution in [3.05, 3.63) is 83.9 Å². The van der Waals surface area contributed by atoms with E-state index < -0.39 is 0 Å². The molecule has 156 valence electrons. The molecule has 4 aromatic rings.